The number of rotatable bonds is 6. The molecular formula is C25H28O5. The smallest absolute Gasteiger partial charge is 0.185 e. The summed E-state index contributed by atoms with van der Waals surface area (Å²) in [5.74, 6) is 2.60. The Balaban J connectivity index is 2.03. The molecule has 158 valence electrons. The van der Waals surface area contributed by atoms with E-state index in [1.807, 2.05) is 48.6 Å². The molecule has 0 spiro atoms. The summed E-state index contributed by atoms with van der Waals surface area (Å²) in [5.41, 5.74) is 3.21. The third-order valence-electron chi connectivity index (χ3n) is 5.25. The number of hydrogen-bond acceptors (Lipinski definition) is 5. The van der Waals surface area contributed by atoms with Crippen LogP contribution in [-0.4, -0.2) is 34.2 Å². The Labute approximate surface area is 177 Å². The number of para-hydroxylation sites is 2. The highest BCUT2D eigenvalue weighted by Gasteiger charge is 2.21. The second kappa shape index (κ2) is 10.0. The molecule has 3 rings (SSSR count). The van der Waals surface area contributed by atoms with Crippen LogP contribution in [0.2, 0.25) is 0 Å². The molecule has 0 N–H and O–H groups in total. The molecule has 30 heavy (non-hydrogen) atoms. The van der Waals surface area contributed by atoms with E-state index < -0.39 is 0 Å². The highest BCUT2D eigenvalue weighted by Crippen LogP contribution is 2.36. The third kappa shape index (κ3) is 4.51. The first-order chi connectivity index (χ1) is 14.6. The SMILES string of the molecule is COc1cccc(/C=C2/CCCC/C(=C\c3cccc(OC)c3OC)C2=O)c1OC. The molecule has 5 heteroatoms. The number of Topliss-reactive ketones (excluding diaryl/α,β-unsaturated/α-hetero) is 1. The molecule has 0 atom stereocenters. The standard InChI is InChI=1S/C25H28O5/c1-27-21-13-7-11-19(24(21)29-3)15-17-9-5-6-10-18(23(17)26)16-20-12-8-14-22(28-2)25(20)30-4/h7-8,11-16H,5-6,9-10H2,1-4H3/b17-15-,18-16+. The maximum atomic E-state index is 13.4. The average Bonchev–Trinajstić information content (AvgIpc) is 2.94. The summed E-state index contributed by atoms with van der Waals surface area (Å²) in [4.78, 5) is 13.4. The van der Waals surface area contributed by atoms with E-state index in [0.717, 1.165) is 48.0 Å². The van der Waals surface area contributed by atoms with Crippen LogP contribution in [0.15, 0.2) is 47.5 Å². The number of carbonyl (C=O) groups excluding carboxylic acids is 1. The maximum absolute atomic E-state index is 13.4. The predicted molar refractivity (Wildman–Crippen MR) is 119 cm³/mol. The topological polar surface area (TPSA) is 54.0 Å². The number of ether oxygens (including phenoxy) is 4. The molecule has 1 aliphatic rings. The van der Waals surface area contributed by atoms with Crippen LogP contribution in [0.4, 0.5) is 0 Å². The largest absolute Gasteiger partial charge is 0.493 e. The number of methoxy groups -OCH3 is 4. The fraction of sp³-hybridized carbons (Fsp3) is 0.320. The van der Waals surface area contributed by atoms with Gasteiger partial charge in [-0.05, 0) is 50.0 Å². The summed E-state index contributed by atoms with van der Waals surface area (Å²) in [6.45, 7) is 0. The van der Waals surface area contributed by atoms with Gasteiger partial charge in [0.25, 0.3) is 0 Å². The summed E-state index contributed by atoms with van der Waals surface area (Å²) < 4.78 is 21.8. The van der Waals surface area contributed by atoms with E-state index in [-0.39, 0.29) is 5.78 Å². The van der Waals surface area contributed by atoms with Crippen LogP contribution in [0.25, 0.3) is 12.2 Å². The van der Waals surface area contributed by atoms with Gasteiger partial charge in [0.1, 0.15) is 0 Å². The fourth-order valence-electron chi connectivity index (χ4n) is 3.77. The first-order valence-corrected chi connectivity index (χ1v) is 10.0. The lowest BCUT2D eigenvalue weighted by molar-refractivity contribution is -0.112. The van der Waals surface area contributed by atoms with Gasteiger partial charge in [-0.3, -0.25) is 4.79 Å². The first-order valence-electron chi connectivity index (χ1n) is 10.0. The normalized spacial score (nSPS) is 17.0. The van der Waals surface area contributed by atoms with Crippen LogP contribution < -0.4 is 18.9 Å². The van der Waals surface area contributed by atoms with Crippen molar-refractivity contribution in [2.45, 2.75) is 25.7 Å². The van der Waals surface area contributed by atoms with E-state index in [1.54, 1.807) is 28.4 Å². The molecule has 5 nitrogen and oxygen atoms in total. The molecule has 0 radical (unpaired) electrons. The van der Waals surface area contributed by atoms with Crippen molar-refractivity contribution in [2.24, 2.45) is 0 Å². The number of allylic oxidation sites excluding steroid dienone is 2. The molecule has 1 fully saturated rings. The fourth-order valence-corrected chi connectivity index (χ4v) is 3.77. The lowest BCUT2D eigenvalue weighted by atomic mass is 9.97. The van der Waals surface area contributed by atoms with Crippen molar-refractivity contribution >= 4 is 17.9 Å². The van der Waals surface area contributed by atoms with Gasteiger partial charge in [0.15, 0.2) is 28.8 Å². The maximum Gasteiger partial charge on any atom is 0.185 e. The quantitative estimate of drug-likeness (QED) is 0.478. The van der Waals surface area contributed by atoms with E-state index in [0.29, 0.717) is 23.0 Å². The minimum atomic E-state index is 0.0576. The number of ketones is 1. The minimum Gasteiger partial charge on any atom is -0.493 e. The van der Waals surface area contributed by atoms with Crippen molar-refractivity contribution in [1.82, 2.24) is 0 Å². The van der Waals surface area contributed by atoms with Crippen LogP contribution in [0, 0.1) is 0 Å². The van der Waals surface area contributed by atoms with Crippen LogP contribution in [0.5, 0.6) is 23.0 Å². The van der Waals surface area contributed by atoms with Crippen molar-refractivity contribution in [3.05, 3.63) is 58.7 Å². The molecule has 0 heterocycles. The van der Waals surface area contributed by atoms with Crippen molar-refractivity contribution < 1.29 is 23.7 Å². The van der Waals surface area contributed by atoms with Gasteiger partial charge in [-0.25, -0.2) is 0 Å². The van der Waals surface area contributed by atoms with E-state index in [1.165, 1.54) is 0 Å². The molecule has 0 unspecified atom stereocenters. The van der Waals surface area contributed by atoms with Crippen LogP contribution in [0.3, 0.4) is 0 Å². The minimum absolute atomic E-state index is 0.0576. The first kappa shape index (κ1) is 21.5. The average molecular weight is 408 g/mol. The van der Waals surface area contributed by atoms with E-state index in [2.05, 4.69) is 0 Å². The molecule has 2 aromatic carbocycles. The zero-order valence-corrected chi connectivity index (χ0v) is 18.0. The van der Waals surface area contributed by atoms with Crippen molar-refractivity contribution in [3.63, 3.8) is 0 Å². The Kier molecular flexibility index (Phi) is 7.17. The van der Waals surface area contributed by atoms with Crippen LogP contribution in [-0.2, 0) is 4.79 Å². The highest BCUT2D eigenvalue weighted by molar-refractivity contribution is 6.13. The molecule has 2 aromatic rings. The Bertz CT molecular complexity index is 894. The van der Waals surface area contributed by atoms with Gasteiger partial charge in [-0.15, -0.1) is 0 Å². The Hall–Kier alpha value is -3.21. The second-order valence-corrected chi connectivity index (χ2v) is 7.04. The monoisotopic (exact) mass is 408 g/mol. The van der Waals surface area contributed by atoms with E-state index >= 15 is 0 Å². The summed E-state index contributed by atoms with van der Waals surface area (Å²) in [6, 6.07) is 11.3. The molecule has 1 aliphatic carbocycles. The number of carbonyl (C=O) groups is 1. The Morgan fingerprint density at radius 3 is 1.47 bits per heavy atom. The second-order valence-electron chi connectivity index (χ2n) is 7.04. The number of benzene rings is 2. The van der Waals surface area contributed by atoms with Crippen molar-refractivity contribution in [2.75, 3.05) is 28.4 Å². The lowest BCUT2D eigenvalue weighted by Gasteiger charge is -2.13. The summed E-state index contributed by atoms with van der Waals surface area (Å²) in [6.07, 6.45) is 7.21. The van der Waals surface area contributed by atoms with Gasteiger partial charge in [0.2, 0.25) is 0 Å². The molecule has 0 bridgehead atoms. The van der Waals surface area contributed by atoms with Crippen LogP contribution in [0.1, 0.15) is 36.8 Å². The summed E-state index contributed by atoms with van der Waals surface area (Å²) in [5, 5.41) is 0. The highest BCUT2D eigenvalue weighted by atomic mass is 16.5. The summed E-state index contributed by atoms with van der Waals surface area (Å²) >= 11 is 0. The van der Waals surface area contributed by atoms with Crippen molar-refractivity contribution in [1.29, 1.82) is 0 Å². The summed E-state index contributed by atoms with van der Waals surface area (Å²) in [7, 11) is 6.42. The van der Waals surface area contributed by atoms with Gasteiger partial charge in [0.05, 0.1) is 28.4 Å². The lowest BCUT2D eigenvalue weighted by Crippen LogP contribution is -2.05. The van der Waals surface area contributed by atoms with Gasteiger partial charge in [-0.2, -0.15) is 0 Å². The van der Waals surface area contributed by atoms with Crippen LogP contribution >= 0.6 is 0 Å². The van der Waals surface area contributed by atoms with E-state index in [9.17, 15) is 4.79 Å². The molecule has 0 aromatic heterocycles. The van der Waals surface area contributed by atoms with Gasteiger partial charge < -0.3 is 18.9 Å². The van der Waals surface area contributed by atoms with Gasteiger partial charge in [-0.1, -0.05) is 24.3 Å². The molecule has 0 saturated heterocycles. The molecule has 0 aliphatic heterocycles. The Morgan fingerprint density at radius 1 is 0.667 bits per heavy atom. The Morgan fingerprint density at radius 2 is 1.10 bits per heavy atom. The van der Waals surface area contributed by atoms with Gasteiger partial charge >= 0.3 is 0 Å². The molecule has 0 amide bonds. The third-order valence-corrected chi connectivity index (χ3v) is 5.25. The zero-order chi connectivity index (χ0) is 21.5. The van der Waals surface area contributed by atoms with Crippen molar-refractivity contribution in [3.8, 4) is 23.0 Å². The molecular weight excluding hydrogens is 380 g/mol. The van der Waals surface area contributed by atoms with E-state index in [4.69, 9.17) is 18.9 Å². The number of hydrogen-bond donors (Lipinski definition) is 0. The molecule has 1 saturated carbocycles. The zero-order valence-electron chi connectivity index (χ0n) is 18.0. The van der Waals surface area contributed by atoms with Gasteiger partial charge in [0, 0.05) is 22.3 Å². The predicted octanol–water partition coefficient (Wildman–Crippen LogP) is 5.33.